The summed E-state index contributed by atoms with van der Waals surface area (Å²) in [5, 5.41) is 0. The lowest BCUT2D eigenvalue weighted by Crippen LogP contribution is -2.13. The summed E-state index contributed by atoms with van der Waals surface area (Å²) in [7, 11) is 0. The Morgan fingerprint density at radius 1 is 1.50 bits per heavy atom. The van der Waals surface area contributed by atoms with E-state index in [0.29, 0.717) is 6.04 Å². The Labute approximate surface area is 54.8 Å². The summed E-state index contributed by atoms with van der Waals surface area (Å²) in [4.78, 5) is 0. The van der Waals surface area contributed by atoms with E-state index in [1.54, 1.807) is 0 Å². The highest BCUT2D eigenvalue weighted by atomic mass is 14.6. The summed E-state index contributed by atoms with van der Waals surface area (Å²) in [5.74, 6) is 0. The SMILES string of the molecule is CC.CCCC(C)N.[HH]. The Balaban J connectivity index is -0.000000109. The Bertz CT molecular complexity index is 30.1. The molecule has 1 atom stereocenters. The van der Waals surface area contributed by atoms with Crippen molar-refractivity contribution in [1.82, 2.24) is 0 Å². The molecule has 0 spiro atoms. The molecule has 54 valence electrons. The van der Waals surface area contributed by atoms with Gasteiger partial charge in [-0.2, -0.15) is 0 Å². The maximum absolute atomic E-state index is 5.40. The van der Waals surface area contributed by atoms with Gasteiger partial charge in [-0.3, -0.25) is 0 Å². The summed E-state index contributed by atoms with van der Waals surface area (Å²) in [5.41, 5.74) is 5.40. The Hall–Kier alpha value is -0.0400. The molecule has 0 rings (SSSR count). The topological polar surface area (TPSA) is 26.0 Å². The average molecular weight is 119 g/mol. The number of rotatable bonds is 2. The van der Waals surface area contributed by atoms with Crippen molar-refractivity contribution in [3.05, 3.63) is 0 Å². The van der Waals surface area contributed by atoms with Crippen LogP contribution in [0.4, 0.5) is 0 Å². The van der Waals surface area contributed by atoms with Crippen LogP contribution in [0.2, 0.25) is 0 Å². The van der Waals surface area contributed by atoms with Crippen LogP contribution in [0.5, 0.6) is 0 Å². The third-order valence-electron chi connectivity index (χ3n) is 0.744. The molecular formula is C7H21N. The number of hydrogen-bond acceptors (Lipinski definition) is 1. The third kappa shape index (κ3) is 16.7. The van der Waals surface area contributed by atoms with Crippen molar-refractivity contribution in [2.75, 3.05) is 0 Å². The van der Waals surface area contributed by atoms with Crippen molar-refractivity contribution in [1.29, 1.82) is 0 Å². The predicted octanol–water partition coefficient (Wildman–Crippen LogP) is 2.41. The van der Waals surface area contributed by atoms with Crippen LogP contribution in [0, 0.1) is 0 Å². The van der Waals surface area contributed by atoms with Crippen LogP contribution in [0.25, 0.3) is 0 Å². The van der Waals surface area contributed by atoms with E-state index in [-0.39, 0.29) is 1.43 Å². The summed E-state index contributed by atoms with van der Waals surface area (Å²) in [6.45, 7) is 8.17. The van der Waals surface area contributed by atoms with Crippen LogP contribution in [0.15, 0.2) is 0 Å². The molecule has 0 saturated carbocycles. The minimum absolute atomic E-state index is 0. The van der Waals surface area contributed by atoms with Gasteiger partial charge in [-0.25, -0.2) is 0 Å². The first-order valence-electron chi connectivity index (χ1n) is 3.53. The van der Waals surface area contributed by atoms with Crippen LogP contribution >= 0.6 is 0 Å². The quantitative estimate of drug-likeness (QED) is 0.593. The molecule has 0 bridgehead atoms. The van der Waals surface area contributed by atoms with Gasteiger partial charge in [0.2, 0.25) is 0 Å². The van der Waals surface area contributed by atoms with Gasteiger partial charge in [-0.1, -0.05) is 27.2 Å². The van der Waals surface area contributed by atoms with E-state index in [4.69, 9.17) is 5.73 Å². The minimum atomic E-state index is 0. The van der Waals surface area contributed by atoms with Gasteiger partial charge in [0.25, 0.3) is 0 Å². The molecule has 0 heterocycles. The first-order chi connectivity index (χ1) is 3.77. The minimum Gasteiger partial charge on any atom is -0.328 e. The molecule has 0 aromatic carbocycles. The Morgan fingerprint density at radius 3 is 1.88 bits per heavy atom. The van der Waals surface area contributed by atoms with Gasteiger partial charge in [0.05, 0.1) is 0 Å². The molecule has 2 N–H and O–H groups in total. The van der Waals surface area contributed by atoms with Crippen LogP contribution in [-0.2, 0) is 0 Å². The summed E-state index contributed by atoms with van der Waals surface area (Å²) < 4.78 is 0. The van der Waals surface area contributed by atoms with Crippen LogP contribution in [-0.4, -0.2) is 6.04 Å². The molecule has 0 radical (unpaired) electrons. The predicted molar refractivity (Wildman–Crippen MR) is 42.0 cm³/mol. The smallest absolute Gasteiger partial charge is 0.00103 e. The zero-order valence-electron chi connectivity index (χ0n) is 6.57. The van der Waals surface area contributed by atoms with Gasteiger partial charge in [-0.15, -0.1) is 0 Å². The zero-order valence-corrected chi connectivity index (χ0v) is 6.57. The van der Waals surface area contributed by atoms with Gasteiger partial charge < -0.3 is 5.73 Å². The van der Waals surface area contributed by atoms with Gasteiger partial charge in [0.1, 0.15) is 0 Å². The van der Waals surface area contributed by atoms with E-state index in [2.05, 4.69) is 6.92 Å². The standard InChI is InChI=1S/C5H13N.C2H6.H2/c1-3-4-5(2)6;1-2;/h5H,3-4,6H2,1-2H3;1-2H3;1H. The molecule has 0 aliphatic rings. The second-order valence-corrected chi connectivity index (χ2v) is 1.77. The molecule has 0 aromatic heterocycles. The van der Waals surface area contributed by atoms with Crippen LogP contribution < -0.4 is 5.73 Å². The summed E-state index contributed by atoms with van der Waals surface area (Å²) >= 11 is 0. The van der Waals surface area contributed by atoms with E-state index in [0.717, 1.165) is 6.42 Å². The van der Waals surface area contributed by atoms with Gasteiger partial charge in [0, 0.05) is 7.47 Å². The highest BCUT2D eigenvalue weighted by molar-refractivity contribution is 4.47. The van der Waals surface area contributed by atoms with Crippen molar-refractivity contribution in [3.63, 3.8) is 0 Å². The highest BCUT2D eigenvalue weighted by Gasteiger charge is 1.85. The molecule has 0 fully saturated rings. The molecule has 1 unspecified atom stereocenters. The van der Waals surface area contributed by atoms with Crippen LogP contribution in [0.1, 0.15) is 42.0 Å². The van der Waals surface area contributed by atoms with Crippen LogP contribution in [0.3, 0.4) is 0 Å². The first-order valence-corrected chi connectivity index (χ1v) is 3.53. The van der Waals surface area contributed by atoms with Crippen molar-refractivity contribution in [3.8, 4) is 0 Å². The maximum Gasteiger partial charge on any atom is 0.00103 e. The van der Waals surface area contributed by atoms with E-state index in [9.17, 15) is 0 Å². The van der Waals surface area contributed by atoms with Crippen molar-refractivity contribution < 1.29 is 1.43 Å². The molecule has 1 nitrogen and oxygen atoms in total. The average Bonchev–Trinajstić information content (AvgIpc) is 1.72. The van der Waals surface area contributed by atoms with Gasteiger partial charge >= 0.3 is 0 Å². The Morgan fingerprint density at radius 2 is 1.88 bits per heavy atom. The largest absolute Gasteiger partial charge is 0.328 e. The lowest BCUT2D eigenvalue weighted by atomic mass is 10.2. The zero-order chi connectivity index (χ0) is 6.99. The van der Waals surface area contributed by atoms with Crippen molar-refractivity contribution in [2.45, 2.75) is 46.6 Å². The fourth-order valence-electron chi connectivity index (χ4n) is 0.455. The summed E-state index contributed by atoms with van der Waals surface area (Å²) in [6, 6.07) is 0.398. The normalized spacial score (nSPS) is 11.6. The molecule has 0 saturated heterocycles. The fourth-order valence-corrected chi connectivity index (χ4v) is 0.455. The van der Waals surface area contributed by atoms with E-state index < -0.39 is 0 Å². The van der Waals surface area contributed by atoms with E-state index >= 15 is 0 Å². The lowest BCUT2D eigenvalue weighted by molar-refractivity contribution is 0.653. The second-order valence-electron chi connectivity index (χ2n) is 1.77. The molecule has 8 heavy (non-hydrogen) atoms. The van der Waals surface area contributed by atoms with E-state index in [1.165, 1.54) is 6.42 Å². The highest BCUT2D eigenvalue weighted by Crippen LogP contribution is 1.88. The number of nitrogens with two attached hydrogens (primary N) is 1. The molecule has 0 aliphatic carbocycles. The third-order valence-corrected chi connectivity index (χ3v) is 0.744. The van der Waals surface area contributed by atoms with Crippen molar-refractivity contribution >= 4 is 0 Å². The molecule has 1 heteroatoms. The van der Waals surface area contributed by atoms with Gasteiger partial charge in [-0.05, 0) is 13.3 Å². The molecule has 0 aromatic rings. The van der Waals surface area contributed by atoms with Gasteiger partial charge in [0.15, 0.2) is 0 Å². The summed E-state index contributed by atoms with van der Waals surface area (Å²) in [6.07, 6.45) is 2.36. The second kappa shape index (κ2) is 10.0. The first kappa shape index (κ1) is 10.9. The number of hydrogen-bond donors (Lipinski definition) is 1. The fraction of sp³-hybridized carbons (Fsp3) is 1.00. The van der Waals surface area contributed by atoms with E-state index in [1.807, 2.05) is 20.8 Å². The Kier molecular flexibility index (Phi) is 13.6. The molecule has 0 amide bonds. The molecule has 0 aliphatic heterocycles. The monoisotopic (exact) mass is 119 g/mol. The maximum atomic E-state index is 5.40. The molecular weight excluding hydrogens is 98.1 g/mol. The lowest BCUT2D eigenvalue weighted by Gasteiger charge is -1.96. The van der Waals surface area contributed by atoms with Crippen molar-refractivity contribution in [2.24, 2.45) is 5.73 Å².